The zero-order valence-electron chi connectivity index (χ0n) is 17.4. The summed E-state index contributed by atoms with van der Waals surface area (Å²) in [5.74, 6) is 1.19. The molecule has 0 unspecified atom stereocenters. The van der Waals surface area contributed by atoms with Crippen molar-refractivity contribution in [2.24, 2.45) is 0 Å². The third-order valence-electron chi connectivity index (χ3n) is 4.18. The second-order valence-corrected chi connectivity index (χ2v) is 8.68. The van der Waals surface area contributed by atoms with Gasteiger partial charge < -0.3 is 20.1 Å². The van der Waals surface area contributed by atoms with E-state index in [4.69, 9.17) is 9.47 Å². The van der Waals surface area contributed by atoms with E-state index in [9.17, 15) is 9.59 Å². The Morgan fingerprint density at radius 3 is 2.68 bits per heavy atom. The quantitative estimate of drug-likeness (QED) is 0.464. The number of benzene rings is 2. The lowest BCUT2D eigenvalue weighted by Gasteiger charge is -2.10. The molecule has 0 aliphatic rings. The van der Waals surface area contributed by atoms with Crippen LogP contribution in [0.2, 0.25) is 0 Å². The van der Waals surface area contributed by atoms with Gasteiger partial charge in [-0.15, -0.1) is 11.3 Å². The third-order valence-corrected chi connectivity index (χ3v) is 6.25. The van der Waals surface area contributed by atoms with Crippen LogP contribution in [-0.4, -0.2) is 36.8 Å². The zero-order chi connectivity index (χ0) is 22.2. The summed E-state index contributed by atoms with van der Waals surface area (Å²) in [6, 6.07) is 12.8. The Bertz CT molecular complexity index is 1070. The van der Waals surface area contributed by atoms with Gasteiger partial charge in [0.1, 0.15) is 11.5 Å². The molecular formula is C22H23N3O4S2. The van der Waals surface area contributed by atoms with Gasteiger partial charge in [-0.1, -0.05) is 23.9 Å². The van der Waals surface area contributed by atoms with Crippen molar-refractivity contribution < 1.29 is 19.1 Å². The predicted octanol–water partition coefficient (Wildman–Crippen LogP) is 4.38. The molecule has 0 aliphatic heterocycles. The predicted molar refractivity (Wildman–Crippen MR) is 125 cm³/mol. The number of ether oxygens (including phenoxy) is 2. The van der Waals surface area contributed by atoms with E-state index >= 15 is 0 Å². The number of carbonyl (C=O) groups is 2. The maximum absolute atomic E-state index is 12.4. The molecule has 1 aromatic heterocycles. The minimum Gasteiger partial charge on any atom is -0.497 e. The summed E-state index contributed by atoms with van der Waals surface area (Å²) in [6.07, 6.45) is 0.143. The minimum absolute atomic E-state index is 0.140. The molecule has 0 fully saturated rings. The van der Waals surface area contributed by atoms with Crippen LogP contribution in [-0.2, 0) is 16.0 Å². The van der Waals surface area contributed by atoms with E-state index in [-0.39, 0.29) is 24.0 Å². The number of methoxy groups -OCH3 is 2. The first kappa shape index (κ1) is 22.6. The van der Waals surface area contributed by atoms with Gasteiger partial charge in [-0.05, 0) is 36.8 Å². The van der Waals surface area contributed by atoms with Crippen molar-refractivity contribution in [3.63, 3.8) is 0 Å². The average Bonchev–Trinajstić information content (AvgIpc) is 3.20. The zero-order valence-corrected chi connectivity index (χ0v) is 19.1. The van der Waals surface area contributed by atoms with Crippen molar-refractivity contribution in [2.75, 3.05) is 30.6 Å². The van der Waals surface area contributed by atoms with Crippen LogP contribution in [0.15, 0.2) is 52.2 Å². The van der Waals surface area contributed by atoms with Crippen LogP contribution in [0.3, 0.4) is 0 Å². The molecule has 0 bridgehead atoms. The van der Waals surface area contributed by atoms with Crippen LogP contribution in [0.1, 0.15) is 11.3 Å². The first-order chi connectivity index (χ1) is 15.0. The molecule has 31 heavy (non-hydrogen) atoms. The Morgan fingerprint density at radius 2 is 1.90 bits per heavy atom. The summed E-state index contributed by atoms with van der Waals surface area (Å²) in [6.45, 7) is 1.96. The first-order valence-electron chi connectivity index (χ1n) is 9.42. The van der Waals surface area contributed by atoms with Crippen LogP contribution in [0, 0.1) is 6.92 Å². The summed E-state index contributed by atoms with van der Waals surface area (Å²) in [5, 5.41) is 7.51. The van der Waals surface area contributed by atoms with E-state index < -0.39 is 0 Å². The molecule has 3 rings (SSSR count). The molecule has 0 radical (unpaired) electrons. The van der Waals surface area contributed by atoms with E-state index in [1.165, 1.54) is 23.1 Å². The number of hydrogen-bond acceptors (Lipinski definition) is 7. The fraction of sp³-hybridized carbons (Fsp3) is 0.227. The number of hydrogen-bond donors (Lipinski definition) is 2. The van der Waals surface area contributed by atoms with E-state index in [0.29, 0.717) is 28.6 Å². The molecule has 0 spiro atoms. The molecule has 3 aromatic rings. The van der Waals surface area contributed by atoms with Gasteiger partial charge in [0.25, 0.3) is 0 Å². The highest BCUT2D eigenvalue weighted by atomic mass is 32.2. The lowest BCUT2D eigenvalue weighted by Crippen LogP contribution is -2.15. The topological polar surface area (TPSA) is 89.5 Å². The molecule has 0 saturated heterocycles. The Balaban J connectivity index is 1.49. The number of rotatable bonds is 9. The Kier molecular flexibility index (Phi) is 7.91. The summed E-state index contributed by atoms with van der Waals surface area (Å²) < 4.78 is 11.2. The first-order valence-corrected chi connectivity index (χ1v) is 11.3. The summed E-state index contributed by atoms with van der Waals surface area (Å²) in [4.78, 5) is 29.0. The number of thioether (sulfide) groups is 1. The van der Waals surface area contributed by atoms with E-state index in [1.54, 1.807) is 26.4 Å². The number of aryl methyl sites for hydroxylation is 1. The molecule has 0 saturated carbocycles. The fourth-order valence-corrected chi connectivity index (χ4v) is 4.37. The molecule has 2 aromatic carbocycles. The number of amides is 2. The van der Waals surface area contributed by atoms with Crippen LogP contribution in [0.5, 0.6) is 11.5 Å². The van der Waals surface area contributed by atoms with E-state index in [1.807, 2.05) is 42.6 Å². The van der Waals surface area contributed by atoms with Gasteiger partial charge in [0, 0.05) is 17.1 Å². The molecule has 1 heterocycles. The second-order valence-electron chi connectivity index (χ2n) is 6.60. The lowest BCUT2D eigenvalue weighted by molar-refractivity contribution is -0.116. The number of thiazole rings is 1. The van der Waals surface area contributed by atoms with Gasteiger partial charge in [0.15, 0.2) is 4.34 Å². The number of anilines is 2. The van der Waals surface area contributed by atoms with Gasteiger partial charge in [-0.3, -0.25) is 9.59 Å². The number of aromatic nitrogens is 1. The third kappa shape index (κ3) is 6.73. The smallest absolute Gasteiger partial charge is 0.234 e. The van der Waals surface area contributed by atoms with Crippen LogP contribution < -0.4 is 20.1 Å². The molecule has 2 amide bonds. The monoisotopic (exact) mass is 457 g/mol. The van der Waals surface area contributed by atoms with Gasteiger partial charge in [0.2, 0.25) is 11.8 Å². The van der Waals surface area contributed by atoms with Gasteiger partial charge in [-0.25, -0.2) is 4.98 Å². The number of nitrogens with one attached hydrogen (secondary N) is 2. The Hall–Kier alpha value is -3.04. The molecule has 162 valence electrons. The van der Waals surface area contributed by atoms with Crippen molar-refractivity contribution >= 4 is 46.3 Å². The largest absolute Gasteiger partial charge is 0.497 e. The average molecular weight is 458 g/mol. The highest BCUT2D eigenvalue weighted by molar-refractivity contribution is 8.01. The molecule has 7 nitrogen and oxygen atoms in total. The van der Waals surface area contributed by atoms with Crippen molar-refractivity contribution in [2.45, 2.75) is 17.7 Å². The van der Waals surface area contributed by atoms with Crippen molar-refractivity contribution in [3.8, 4) is 11.5 Å². The van der Waals surface area contributed by atoms with Gasteiger partial charge in [0.05, 0.1) is 37.8 Å². The minimum atomic E-state index is -0.181. The number of nitrogens with zero attached hydrogens (tertiary/aromatic N) is 1. The van der Waals surface area contributed by atoms with E-state index in [2.05, 4.69) is 15.6 Å². The van der Waals surface area contributed by atoms with Crippen molar-refractivity contribution in [1.82, 2.24) is 4.98 Å². The standard InChI is InChI=1S/C22H23N3O4S2/c1-14-7-8-18(19(9-14)29-3)25-20(26)11-16-12-30-22(24-16)31-13-21(27)23-15-5-4-6-17(10-15)28-2/h4-10,12H,11,13H2,1-3H3,(H,23,27)(H,25,26). The highest BCUT2D eigenvalue weighted by Crippen LogP contribution is 2.26. The Labute approximate surface area is 189 Å². The molecular weight excluding hydrogens is 434 g/mol. The van der Waals surface area contributed by atoms with Crippen LogP contribution in [0.25, 0.3) is 0 Å². The van der Waals surface area contributed by atoms with Gasteiger partial charge in [-0.2, -0.15) is 0 Å². The van der Waals surface area contributed by atoms with Crippen LogP contribution >= 0.6 is 23.1 Å². The Morgan fingerprint density at radius 1 is 1.06 bits per heavy atom. The summed E-state index contributed by atoms with van der Waals surface area (Å²) in [7, 11) is 3.15. The second kappa shape index (κ2) is 10.8. The normalized spacial score (nSPS) is 10.4. The summed E-state index contributed by atoms with van der Waals surface area (Å²) in [5.41, 5.74) is 3.00. The van der Waals surface area contributed by atoms with Crippen molar-refractivity contribution in [1.29, 1.82) is 0 Å². The molecule has 2 N–H and O–H groups in total. The van der Waals surface area contributed by atoms with Gasteiger partial charge >= 0.3 is 0 Å². The molecule has 9 heteroatoms. The fourth-order valence-electron chi connectivity index (χ4n) is 2.72. The SMILES string of the molecule is COc1cccc(NC(=O)CSc2nc(CC(=O)Nc3ccc(C)cc3OC)cs2)c1. The number of carbonyl (C=O) groups excluding carboxylic acids is 2. The molecule has 0 aliphatic carbocycles. The van der Waals surface area contributed by atoms with Crippen molar-refractivity contribution in [3.05, 3.63) is 59.1 Å². The molecule has 0 atom stereocenters. The highest BCUT2D eigenvalue weighted by Gasteiger charge is 2.12. The van der Waals surface area contributed by atoms with E-state index in [0.717, 1.165) is 9.90 Å². The summed E-state index contributed by atoms with van der Waals surface area (Å²) >= 11 is 2.74. The maximum Gasteiger partial charge on any atom is 0.234 e. The van der Waals surface area contributed by atoms with Crippen LogP contribution in [0.4, 0.5) is 11.4 Å². The lowest BCUT2D eigenvalue weighted by atomic mass is 10.2. The maximum atomic E-state index is 12.4.